The fraction of sp³-hybridized carbons (Fsp3) is 0.0286. The molecular weight excluding hydrogens is 559 g/mol. The molecule has 0 spiro atoms. The number of para-hydroxylation sites is 2. The molecule has 0 radical (unpaired) electrons. The predicted octanol–water partition coefficient (Wildman–Crippen LogP) is 7.31. The van der Waals surface area contributed by atoms with Gasteiger partial charge in [0.15, 0.2) is 19.6 Å². The molecule has 196 valence electrons. The van der Waals surface area contributed by atoms with Crippen molar-refractivity contribution in [1.29, 1.82) is 0 Å². The van der Waals surface area contributed by atoms with Crippen LogP contribution in [0.3, 0.4) is 0 Å². The van der Waals surface area contributed by atoms with Crippen molar-refractivity contribution in [2.24, 2.45) is 0 Å². The van der Waals surface area contributed by atoms with Crippen LogP contribution in [0.15, 0.2) is 120 Å². The summed E-state index contributed by atoms with van der Waals surface area (Å²) in [4.78, 5) is 29.9. The zero-order chi connectivity index (χ0) is 27.7. The molecule has 0 atom stereocenters. The van der Waals surface area contributed by atoms with Crippen LogP contribution in [-0.2, 0) is 0 Å². The Labute approximate surface area is 246 Å². The zero-order valence-electron chi connectivity index (χ0n) is 22.1. The van der Waals surface area contributed by atoms with Crippen molar-refractivity contribution in [3.8, 4) is 0 Å². The minimum atomic E-state index is -2.26. The first-order chi connectivity index (χ1) is 20.0. The smallest absolute Gasteiger partial charge is 0.197 e. The molecule has 0 N–H and O–H groups in total. The lowest BCUT2D eigenvalue weighted by molar-refractivity contribution is 0.0990. The van der Waals surface area contributed by atoms with Gasteiger partial charge in [-0.05, 0) is 74.9 Å². The Hall–Kier alpha value is -4.36. The number of carbonyl (C=O) groups is 2. The molecule has 0 unspecified atom stereocenters. The molecule has 0 saturated carbocycles. The van der Waals surface area contributed by atoms with Crippen molar-refractivity contribution in [2.75, 3.05) is 4.90 Å². The lowest BCUT2D eigenvalue weighted by Crippen LogP contribution is -2.68. The summed E-state index contributed by atoms with van der Waals surface area (Å²) in [7, 11) is -2.26. The van der Waals surface area contributed by atoms with E-state index < -0.39 is 8.07 Å². The molecular formula is C35H23NO2S2Si. The fourth-order valence-electron chi connectivity index (χ4n) is 6.37. The van der Waals surface area contributed by atoms with E-state index in [1.165, 1.54) is 26.9 Å². The number of nitrogens with zero attached hydrogens (tertiary/aromatic N) is 1. The van der Waals surface area contributed by atoms with Crippen molar-refractivity contribution in [3.63, 3.8) is 0 Å². The number of fused-ring (bicyclic) bond motifs is 4. The Bertz CT molecular complexity index is 1970. The summed E-state index contributed by atoms with van der Waals surface area (Å²) in [6.07, 6.45) is 1.78. The SMILES string of the molecule is C[Si]1(c2ccccc2)c2ccccc2N(c2ccc(/C=C3\C(=O)c4cc5ccsc5cc4C3=O)s2)c2ccccc21. The van der Waals surface area contributed by atoms with Gasteiger partial charge in [0, 0.05) is 32.1 Å². The van der Waals surface area contributed by atoms with Crippen molar-refractivity contribution < 1.29 is 9.59 Å². The third-order valence-corrected chi connectivity index (χ3v) is 14.8. The predicted molar refractivity (Wildman–Crippen MR) is 174 cm³/mol. The maximum Gasteiger partial charge on any atom is 0.197 e. The van der Waals surface area contributed by atoms with Crippen LogP contribution in [0.4, 0.5) is 16.4 Å². The van der Waals surface area contributed by atoms with E-state index in [9.17, 15) is 9.59 Å². The van der Waals surface area contributed by atoms with Crippen LogP contribution in [0.1, 0.15) is 25.6 Å². The number of ketones is 2. The zero-order valence-corrected chi connectivity index (χ0v) is 24.8. The molecule has 0 saturated heterocycles. The first kappa shape index (κ1) is 24.4. The van der Waals surface area contributed by atoms with Crippen molar-refractivity contribution in [3.05, 3.63) is 136 Å². The molecule has 0 fully saturated rings. The standard InChI is InChI=1S/C35H23NO2S2Si/c1-41(24-9-3-2-4-10-24)31-13-7-5-11-28(31)36(29-12-6-8-14-32(29)41)33-16-15-23(40-33)20-27-34(37)25-19-22-17-18-39-30(22)21-26(25)35(27)38/h2-21H,1H3/b27-20+. The summed E-state index contributed by atoms with van der Waals surface area (Å²) in [6, 6.07) is 38.2. The van der Waals surface area contributed by atoms with Crippen LogP contribution in [0.2, 0.25) is 6.55 Å². The molecule has 6 heteroatoms. The van der Waals surface area contributed by atoms with Crippen LogP contribution in [0.25, 0.3) is 16.2 Å². The van der Waals surface area contributed by atoms with Crippen molar-refractivity contribution >= 4 is 90.4 Å². The molecule has 6 aromatic rings. The second-order valence-corrected chi connectivity index (χ2v) is 16.6. The number of anilines is 3. The van der Waals surface area contributed by atoms with Crippen molar-refractivity contribution in [2.45, 2.75) is 6.55 Å². The minimum absolute atomic E-state index is 0.187. The maximum absolute atomic E-state index is 13.3. The van der Waals surface area contributed by atoms with Gasteiger partial charge in [-0.2, -0.15) is 0 Å². The van der Waals surface area contributed by atoms with Gasteiger partial charge in [-0.3, -0.25) is 9.59 Å². The van der Waals surface area contributed by atoms with Crippen LogP contribution in [0, 0.1) is 0 Å². The number of allylic oxidation sites excluding steroid dienone is 1. The Balaban J connectivity index is 1.24. The number of Topliss-reactive ketones (excluding diaryl/α,β-unsaturated/α-hetero) is 2. The summed E-state index contributed by atoms with van der Waals surface area (Å²) < 4.78 is 1.03. The van der Waals surface area contributed by atoms with E-state index in [0.29, 0.717) is 11.1 Å². The van der Waals surface area contributed by atoms with Crippen LogP contribution < -0.4 is 20.5 Å². The number of hydrogen-bond acceptors (Lipinski definition) is 5. The van der Waals surface area contributed by atoms with Gasteiger partial charge < -0.3 is 4.90 Å². The summed E-state index contributed by atoms with van der Waals surface area (Å²) >= 11 is 3.18. The van der Waals surface area contributed by atoms with Gasteiger partial charge >= 0.3 is 0 Å². The Morgan fingerprint density at radius 3 is 2.05 bits per heavy atom. The molecule has 4 aromatic carbocycles. The average Bonchev–Trinajstić information content (AvgIpc) is 3.73. The van der Waals surface area contributed by atoms with Crippen LogP contribution in [0.5, 0.6) is 0 Å². The van der Waals surface area contributed by atoms with Crippen LogP contribution in [-0.4, -0.2) is 19.6 Å². The van der Waals surface area contributed by atoms with E-state index in [4.69, 9.17) is 0 Å². The highest BCUT2D eigenvalue weighted by atomic mass is 32.1. The minimum Gasteiger partial charge on any atom is -0.302 e. The maximum atomic E-state index is 13.3. The summed E-state index contributed by atoms with van der Waals surface area (Å²) in [5, 5.41) is 8.17. The van der Waals surface area contributed by atoms with E-state index in [-0.39, 0.29) is 17.1 Å². The molecule has 41 heavy (non-hydrogen) atoms. The second kappa shape index (κ2) is 9.08. The monoisotopic (exact) mass is 581 g/mol. The second-order valence-electron chi connectivity index (χ2n) is 10.6. The molecule has 1 aliphatic heterocycles. The largest absolute Gasteiger partial charge is 0.302 e. The summed E-state index contributed by atoms with van der Waals surface area (Å²) in [6.45, 7) is 2.45. The number of carbonyl (C=O) groups excluding carboxylic acids is 2. The van der Waals surface area contributed by atoms with E-state index in [2.05, 4.69) is 96.4 Å². The molecule has 8 rings (SSSR count). The average molecular weight is 582 g/mol. The fourth-order valence-corrected chi connectivity index (χ4v) is 12.2. The van der Waals surface area contributed by atoms with Gasteiger partial charge in [0.2, 0.25) is 0 Å². The topological polar surface area (TPSA) is 37.4 Å². The Kier molecular flexibility index (Phi) is 5.41. The van der Waals surface area contributed by atoms with E-state index in [0.717, 1.165) is 20.0 Å². The molecule has 3 nitrogen and oxygen atoms in total. The number of hydrogen-bond donors (Lipinski definition) is 0. The Morgan fingerprint density at radius 2 is 1.34 bits per heavy atom. The normalized spacial score (nSPS) is 16.2. The first-order valence-corrected chi connectivity index (χ1v) is 17.7. The highest BCUT2D eigenvalue weighted by Crippen LogP contribution is 2.42. The first-order valence-electron chi connectivity index (χ1n) is 13.5. The van der Waals surface area contributed by atoms with E-state index in [1.807, 2.05) is 29.6 Å². The third kappa shape index (κ3) is 3.55. The molecule has 1 aliphatic carbocycles. The van der Waals surface area contributed by atoms with Gasteiger partial charge in [0.05, 0.1) is 5.57 Å². The van der Waals surface area contributed by atoms with E-state index in [1.54, 1.807) is 28.7 Å². The number of thiophene rings is 2. The molecule has 2 aliphatic rings. The van der Waals surface area contributed by atoms with Gasteiger partial charge in [0.1, 0.15) is 5.00 Å². The van der Waals surface area contributed by atoms with Gasteiger partial charge in [0.25, 0.3) is 0 Å². The van der Waals surface area contributed by atoms with Gasteiger partial charge in [-0.25, -0.2) is 0 Å². The highest BCUT2D eigenvalue weighted by Gasteiger charge is 2.43. The third-order valence-electron chi connectivity index (χ3n) is 8.41. The molecule has 0 amide bonds. The summed E-state index contributed by atoms with van der Waals surface area (Å²) in [5.74, 6) is -0.375. The molecule has 0 bridgehead atoms. The van der Waals surface area contributed by atoms with Gasteiger partial charge in [-0.15, -0.1) is 22.7 Å². The number of benzene rings is 4. The van der Waals surface area contributed by atoms with Crippen molar-refractivity contribution in [1.82, 2.24) is 0 Å². The lowest BCUT2D eigenvalue weighted by Gasteiger charge is -2.42. The molecule has 3 heterocycles. The van der Waals surface area contributed by atoms with Crippen LogP contribution >= 0.6 is 22.7 Å². The Morgan fingerprint density at radius 1 is 0.707 bits per heavy atom. The number of rotatable bonds is 3. The van der Waals surface area contributed by atoms with E-state index >= 15 is 0 Å². The quantitative estimate of drug-likeness (QED) is 0.125. The molecule has 2 aromatic heterocycles. The summed E-state index contributed by atoms with van der Waals surface area (Å²) in [5.41, 5.74) is 3.64. The highest BCUT2D eigenvalue weighted by molar-refractivity contribution is 7.18. The van der Waals surface area contributed by atoms with Gasteiger partial charge in [-0.1, -0.05) is 73.3 Å². The lowest BCUT2D eigenvalue weighted by atomic mass is 10.1.